The zero-order valence-electron chi connectivity index (χ0n) is 7.91. The van der Waals surface area contributed by atoms with Gasteiger partial charge >= 0.3 is 0 Å². The zero-order valence-corrected chi connectivity index (χ0v) is 8.72. The third kappa shape index (κ3) is 2.22. The minimum atomic E-state index is -0.998. The van der Waals surface area contributed by atoms with E-state index in [4.69, 9.17) is 0 Å². The number of hydrogen-bond donors (Lipinski definition) is 1. The normalized spacial score (nSPS) is 10.1. The summed E-state index contributed by atoms with van der Waals surface area (Å²) in [6.45, 7) is 0. The lowest BCUT2D eigenvalue weighted by Crippen LogP contribution is -2.10. The number of halogens is 2. The predicted octanol–water partition coefficient (Wildman–Crippen LogP) is 2.67. The van der Waals surface area contributed by atoms with Gasteiger partial charge in [0.2, 0.25) is 0 Å². The Labute approximate surface area is 93.8 Å². The Balaban J connectivity index is 2.15. The molecule has 3 nitrogen and oxygen atoms in total. The molecule has 82 valence electrons. The van der Waals surface area contributed by atoms with Crippen LogP contribution in [0.3, 0.4) is 0 Å². The fourth-order valence-electron chi connectivity index (χ4n) is 1.09. The molecular formula is C10H6F2N2OS. The van der Waals surface area contributed by atoms with E-state index in [0.29, 0.717) is 4.88 Å². The molecule has 0 unspecified atom stereocenters. The Kier molecular flexibility index (Phi) is 2.91. The molecule has 0 saturated heterocycles. The van der Waals surface area contributed by atoms with Gasteiger partial charge in [-0.05, 0) is 12.1 Å². The van der Waals surface area contributed by atoms with E-state index in [-0.39, 0.29) is 5.69 Å². The SMILES string of the molecule is O=C(Nc1ccc(F)c(F)c1)c1cncs1. The summed E-state index contributed by atoms with van der Waals surface area (Å²) >= 11 is 1.17. The summed E-state index contributed by atoms with van der Waals surface area (Å²) < 4.78 is 25.4. The monoisotopic (exact) mass is 240 g/mol. The summed E-state index contributed by atoms with van der Waals surface area (Å²) in [6, 6.07) is 3.17. The first-order valence-electron chi connectivity index (χ1n) is 4.32. The molecule has 1 aromatic carbocycles. The van der Waals surface area contributed by atoms with Crippen molar-refractivity contribution in [1.29, 1.82) is 0 Å². The number of aromatic nitrogens is 1. The highest BCUT2D eigenvalue weighted by Gasteiger charge is 2.09. The van der Waals surface area contributed by atoms with Gasteiger partial charge in [-0.2, -0.15) is 0 Å². The number of carbonyl (C=O) groups excluding carboxylic acids is 1. The average molecular weight is 240 g/mol. The fraction of sp³-hybridized carbons (Fsp3) is 0. The minimum Gasteiger partial charge on any atom is -0.321 e. The zero-order chi connectivity index (χ0) is 11.5. The lowest BCUT2D eigenvalue weighted by atomic mass is 10.3. The molecule has 0 aliphatic heterocycles. The van der Waals surface area contributed by atoms with Crippen LogP contribution in [-0.4, -0.2) is 10.9 Å². The summed E-state index contributed by atoms with van der Waals surface area (Å²) in [6.07, 6.45) is 1.40. The summed E-state index contributed by atoms with van der Waals surface area (Å²) in [5.41, 5.74) is 1.72. The minimum absolute atomic E-state index is 0.206. The Hall–Kier alpha value is -1.82. The molecule has 1 amide bonds. The van der Waals surface area contributed by atoms with Crippen LogP contribution in [0.4, 0.5) is 14.5 Å². The number of benzene rings is 1. The van der Waals surface area contributed by atoms with Gasteiger partial charge in [0.25, 0.3) is 5.91 Å². The third-order valence-electron chi connectivity index (χ3n) is 1.83. The van der Waals surface area contributed by atoms with E-state index in [1.807, 2.05) is 0 Å². The van der Waals surface area contributed by atoms with Crippen LogP contribution in [0.2, 0.25) is 0 Å². The van der Waals surface area contributed by atoms with Gasteiger partial charge in [0.1, 0.15) is 4.88 Å². The van der Waals surface area contributed by atoms with Crippen molar-refractivity contribution < 1.29 is 13.6 Å². The molecular weight excluding hydrogens is 234 g/mol. The molecule has 0 atom stereocenters. The Morgan fingerprint density at radius 1 is 1.31 bits per heavy atom. The Bertz CT molecular complexity index is 514. The molecule has 0 fully saturated rings. The molecule has 0 radical (unpaired) electrons. The van der Waals surface area contributed by atoms with Crippen LogP contribution in [0.5, 0.6) is 0 Å². The molecule has 2 aromatic rings. The maximum atomic E-state index is 12.8. The molecule has 1 N–H and O–H groups in total. The Morgan fingerprint density at radius 2 is 2.12 bits per heavy atom. The van der Waals surface area contributed by atoms with E-state index < -0.39 is 17.5 Å². The lowest BCUT2D eigenvalue weighted by Gasteiger charge is -2.03. The van der Waals surface area contributed by atoms with Crippen molar-refractivity contribution in [3.05, 3.63) is 46.4 Å². The second-order valence-electron chi connectivity index (χ2n) is 2.95. The molecule has 1 aromatic heterocycles. The fourth-order valence-corrected chi connectivity index (χ4v) is 1.61. The van der Waals surface area contributed by atoms with Crippen molar-refractivity contribution in [2.24, 2.45) is 0 Å². The maximum Gasteiger partial charge on any atom is 0.267 e. The largest absolute Gasteiger partial charge is 0.321 e. The number of nitrogens with one attached hydrogen (secondary N) is 1. The second-order valence-corrected chi connectivity index (χ2v) is 3.84. The maximum absolute atomic E-state index is 12.8. The lowest BCUT2D eigenvalue weighted by molar-refractivity contribution is 0.103. The van der Waals surface area contributed by atoms with Crippen molar-refractivity contribution in [3.8, 4) is 0 Å². The molecule has 0 spiro atoms. The molecule has 1 heterocycles. The average Bonchev–Trinajstić information content (AvgIpc) is 2.77. The smallest absolute Gasteiger partial charge is 0.267 e. The Morgan fingerprint density at radius 3 is 2.75 bits per heavy atom. The molecule has 0 saturated carbocycles. The number of hydrogen-bond acceptors (Lipinski definition) is 3. The van der Waals surface area contributed by atoms with Crippen LogP contribution in [0.25, 0.3) is 0 Å². The van der Waals surface area contributed by atoms with Crippen LogP contribution in [0, 0.1) is 11.6 Å². The highest BCUT2D eigenvalue weighted by Crippen LogP contribution is 2.15. The number of nitrogens with zero attached hydrogens (tertiary/aromatic N) is 1. The van der Waals surface area contributed by atoms with Gasteiger partial charge in [0, 0.05) is 11.8 Å². The van der Waals surface area contributed by atoms with E-state index in [1.165, 1.54) is 29.1 Å². The van der Waals surface area contributed by atoms with Crippen molar-refractivity contribution in [2.75, 3.05) is 5.32 Å². The summed E-state index contributed by atoms with van der Waals surface area (Å²) in [4.78, 5) is 15.7. The summed E-state index contributed by atoms with van der Waals surface area (Å²) in [5.74, 6) is -2.34. The van der Waals surface area contributed by atoms with Crippen LogP contribution < -0.4 is 5.32 Å². The van der Waals surface area contributed by atoms with E-state index in [1.54, 1.807) is 0 Å². The topological polar surface area (TPSA) is 42.0 Å². The van der Waals surface area contributed by atoms with Crippen molar-refractivity contribution in [2.45, 2.75) is 0 Å². The van der Waals surface area contributed by atoms with Gasteiger partial charge in [-0.3, -0.25) is 9.78 Å². The molecule has 0 bridgehead atoms. The van der Waals surface area contributed by atoms with Crippen molar-refractivity contribution in [1.82, 2.24) is 4.98 Å². The predicted molar refractivity (Wildman–Crippen MR) is 56.4 cm³/mol. The number of thiazole rings is 1. The van der Waals surface area contributed by atoms with Crippen molar-refractivity contribution >= 4 is 22.9 Å². The van der Waals surface area contributed by atoms with Gasteiger partial charge in [0.15, 0.2) is 11.6 Å². The van der Waals surface area contributed by atoms with Gasteiger partial charge in [-0.15, -0.1) is 11.3 Å². The first-order chi connectivity index (χ1) is 7.66. The van der Waals surface area contributed by atoms with Crippen LogP contribution in [0.15, 0.2) is 29.9 Å². The highest BCUT2D eigenvalue weighted by molar-refractivity contribution is 7.11. The van der Waals surface area contributed by atoms with Crippen LogP contribution in [-0.2, 0) is 0 Å². The first kappa shape index (κ1) is 10.7. The summed E-state index contributed by atoms with van der Waals surface area (Å²) in [5, 5.41) is 2.44. The van der Waals surface area contributed by atoms with Crippen LogP contribution in [0.1, 0.15) is 9.67 Å². The van der Waals surface area contributed by atoms with E-state index in [2.05, 4.69) is 10.3 Å². The number of anilines is 1. The number of amides is 1. The molecule has 2 rings (SSSR count). The van der Waals surface area contributed by atoms with Crippen molar-refractivity contribution in [3.63, 3.8) is 0 Å². The quantitative estimate of drug-likeness (QED) is 0.876. The van der Waals surface area contributed by atoms with Gasteiger partial charge in [-0.25, -0.2) is 8.78 Å². The molecule has 16 heavy (non-hydrogen) atoms. The van der Waals surface area contributed by atoms with E-state index >= 15 is 0 Å². The molecule has 0 aliphatic rings. The van der Waals surface area contributed by atoms with Crippen LogP contribution >= 0.6 is 11.3 Å². The first-order valence-corrected chi connectivity index (χ1v) is 5.19. The summed E-state index contributed by atoms with van der Waals surface area (Å²) in [7, 11) is 0. The van der Waals surface area contributed by atoms with E-state index in [0.717, 1.165) is 12.1 Å². The number of carbonyl (C=O) groups is 1. The van der Waals surface area contributed by atoms with E-state index in [9.17, 15) is 13.6 Å². The number of rotatable bonds is 2. The highest BCUT2D eigenvalue weighted by atomic mass is 32.1. The third-order valence-corrected chi connectivity index (χ3v) is 2.61. The van der Waals surface area contributed by atoms with Gasteiger partial charge in [0.05, 0.1) is 11.7 Å². The molecule has 6 heteroatoms. The van der Waals surface area contributed by atoms with Gasteiger partial charge in [-0.1, -0.05) is 0 Å². The second kappa shape index (κ2) is 4.36. The van der Waals surface area contributed by atoms with Gasteiger partial charge < -0.3 is 5.32 Å². The molecule has 0 aliphatic carbocycles. The standard InChI is InChI=1S/C10H6F2N2OS/c11-7-2-1-6(3-8(7)12)14-10(15)9-4-13-5-16-9/h1-5H,(H,14,15).